The second-order valence-electron chi connectivity index (χ2n) is 4.65. The molecule has 126 valence electrons. The van der Waals surface area contributed by atoms with Gasteiger partial charge >= 0.3 is 0 Å². The van der Waals surface area contributed by atoms with E-state index in [1.807, 2.05) is 0 Å². The van der Waals surface area contributed by atoms with Gasteiger partial charge in [0, 0.05) is 0 Å². The van der Waals surface area contributed by atoms with Crippen LogP contribution in [-0.2, 0) is 0 Å². The summed E-state index contributed by atoms with van der Waals surface area (Å²) >= 11 is 14.3. The number of fused-ring (bicyclic) bond motifs is 1. The minimum Gasteiger partial charge on any atom is -0.486 e. The maximum Gasteiger partial charge on any atom is 0.271 e. The van der Waals surface area contributed by atoms with Crippen LogP contribution >= 0.6 is 46.3 Å². The number of nitrogens with zero attached hydrogens (tertiary/aromatic N) is 7. The lowest BCUT2D eigenvalue weighted by molar-refractivity contribution is 0.471. The highest BCUT2D eigenvalue weighted by molar-refractivity contribution is 7.99. The van der Waals surface area contributed by atoms with Crippen molar-refractivity contribution < 1.29 is 5.11 Å². The molecule has 0 bridgehead atoms. The summed E-state index contributed by atoms with van der Waals surface area (Å²) in [7, 11) is 0. The zero-order valence-electron chi connectivity index (χ0n) is 12.0. The zero-order valence-corrected chi connectivity index (χ0v) is 15.1. The Balaban J connectivity index is 1.93. The number of thiazole rings is 1. The van der Waals surface area contributed by atoms with Crippen molar-refractivity contribution in [1.29, 1.82) is 0 Å². The van der Waals surface area contributed by atoms with E-state index in [2.05, 4.69) is 30.5 Å². The summed E-state index contributed by atoms with van der Waals surface area (Å²) in [5, 5.41) is 21.9. The van der Waals surface area contributed by atoms with Crippen LogP contribution in [0.25, 0.3) is 21.6 Å². The molecule has 4 aromatic rings. The average molecular weight is 413 g/mol. The van der Waals surface area contributed by atoms with E-state index in [-0.39, 0.29) is 5.19 Å². The minimum absolute atomic E-state index is 0.0781. The molecule has 0 saturated carbocycles. The lowest BCUT2D eigenvalue weighted by Gasteiger charge is -2.08. The van der Waals surface area contributed by atoms with Crippen LogP contribution in [0.15, 0.2) is 28.5 Å². The quantitative estimate of drug-likeness (QED) is 0.487. The first kappa shape index (κ1) is 16.3. The number of rotatable bonds is 3. The molecule has 0 aliphatic rings. The van der Waals surface area contributed by atoms with Gasteiger partial charge in [-0.2, -0.15) is 0 Å². The number of aromatic hydroxyl groups is 1. The summed E-state index contributed by atoms with van der Waals surface area (Å²) in [5.74, 6) is 5.66. The van der Waals surface area contributed by atoms with Gasteiger partial charge in [0.25, 0.3) is 5.19 Å². The third-order valence-electron chi connectivity index (χ3n) is 3.05. The topological polar surface area (TPSA) is 129 Å². The van der Waals surface area contributed by atoms with Gasteiger partial charge in [-0.05, 0) is 34.3 Å². The van der Waals surface area contributed by atoms with E-state index in [4.69, 9.17) is 29.0 Å². The lowest BCUT2D eigenvalue weighted by atomic mass is 10.3. The molecule has 0 aliphatic carbocycles. The van der Waals surface area contributed by atoms with Crippen LogP contribution in [0.5, 0.6) is 5.19 Å². The van der Waals surface area contributed by atoms with Crippen LogP contribution in [0, 0.1) is 0 Å². The van der Waals surface area contributed by atoms with Crippen LogP contribution in [0.2, 0.25) is 10.0 Å². The van der Waals surface area contributed by atoms with Crippen molar-refractivity contribution >= 4 is 57.3 Å². The number of aromatic nitrogens is 7. The molecule has 3 heterocycles. The van der Waals surface area contributed by atoms with E-state index in [9.17, 15) is 5.11 Å². The Bertz CT molecular complexity index is 1100. The molecule has 9 nitrogen and oxygen atoms in total. The van der Waals surface area contributed by atoms with Crippen molar-refractivity contribution in [3.63, 3.8) is 0 Å². The van der Waals surface area contributed by atoms with Crippen LogP contribution in [0.4, 0.5) is 0 Å². The third-order valence-corrected chi connectivity index (χ3v) is 5.51. The predicted molar refractivity (Wildman–Crippen MR) is 94.4 cm³/mol. The molecule has 0 atom stereocenters. The van der Waals surface area contributed by atoms with Crippen LogP contribution in [-0.4, -0.2) is 40.4 Å². The van der Waals surface area contributed by atoms with E-state index >= 15 is 0 Å². The van der Waals surface area contributed by atoms with Gasteiger partial charge in [-0.3, -0.25) is 0 Å². The fraction of sp³-hybridized carbons (Fsp3) is 0. The van der Waals surface area contributed by atoms with E-state index in [0.29, 0.717) is 41.8 Å². The van der Waals surface area contributed by atoms with Crippen molar-refractivity contribution in [1.82, 2.24) is 35.3 Å². The molecule has 3 aromatic heterocycles. The summed E-state index contributed by atoms with van der Waals surface area (Å²) in [6, 6.07) is 3.24. The monoisotopic (exact) mass is 412 g/mol. The fourth-order valence-electron chi connectivity index (χ4n) is 1.98. The number of nitrogens with two attached hydrogens (primary N) is 1. The predicted octanol–water partition coefficient (Wildman–Crippen LogP) is 2.62. The molecule has 0 fully saturated rings. The van der Waals surface area contributed by atoms with E-state index in [1.165, 1.54) is 6.20 Å². The Morgan fingerprint density at radius 2 is 1.88 bits per heavy atom. The number of halogens is 2. The first-order valence-electron chi connectivity index (χ1n) is 6.54. The van der Waals surface area contributed by atoms with Crippen LogP contribution in [0.3, 0.4) is 0 Å². The van der Waals surface area contributed by atoms with Crippen LogP contribution in [0.1, 0.15) is 0 Å². The van der Waals surface area contributed by atoms with Gasteiger partial charge in [0.2, 0.25) is 5.16 Å². The zero-order chi connectivity index (χ0) is 17.6. The number of nitrogen functional groups attached to an aromatic ring is 1. The molecule has 0 aliphatic heterocycles. The average Bonchev–Trinajstić information content (AvgIpc) is 3.17. The summed E-state index contributed by atoms with van der Waals surface area (Å²) < 4.78 is 0. The molecule has 0 radical (unpaired) electrons. The second kappa shape index (κ2) is 6.26. The molecule has 0 unspecified atom stereocenters. The summed E-state index contributed by atoms with van der Waals surface area (Å²) in [6.07, 6.45) is 1.50. The highest BCUT2D eigenvalue weighted by Gasteiger charge is 2.18. The van der Waals surface area contributed by atoms with E-state index < -0.39 is 0 Å². The lowest BCUT2D eigenvalue weighted by Crippen LogP contribution is -2.11. The van der Waals surface area contributed by atoms with Gasteiger partial charge in [0.15, 0.2) is 0 Å². The molecule has 0 amide bonds. The molecule has 0 saturated heterocycles. The number of benzene rings is 1. The third kappa shape index (κ3) is 3.06. The van der Waals surface area contributed by atoms with Crippen molar-refractivity contribution in [2.24, 2.45) is 0 Å². The Hall–Kier alpha value is -2.21. The van der Waals surface area contributed by atoms with Gasteiger partial charge in [-0.25, -0.2) is 15.0 Å². The van der Waals surface area contributed by atoms with Gasteiger partial charge in [0.05, 0.1) is 32.2 Å². The van der Waals surface area contributed by atoms with Crippen LogP contribution < -0.4 is 5.84 Å². The SMILES string of the molecule is Nn1nnnc1Sc1nc2cc(Cl)c(Cl)cc2nc1-c1cnc(O)s1. The molecule has 0 spiro atoms. The Kier molecular flexibility index (Phi) is 4.07. The molecular formula is C12H6Cl2N8OS2. The summed E-state index contributed by atoms with van der Waals surface area (Å²) in [5.41, 5.74) is 1.59. The first-order valence-corrected chi connectivity index (χ1v) is 8.93. The molecule has 13 heteroatoms. The highest BCUT2D eigenvalue weighted by atomic mass is 35.5. The van der Waals surface area contributed by atoms with Crippen molar-refractivity contribution in [3.05, 3.63) is 28.4 Å². The van der Waals surface area contributed by atoms with Gasteiger partial charge in [0.1, 0.15) is 10.7 Å². The van der Waals surface area contributed by atoms with Gasteiger partial charge < -0.3 is 10.9 Å². The minimum atomic E-state index is -0.0781. The normalized spacial score (nSPS) is 11.3. The maximum absolute atomic E-state index is 9.56. The van der Waals surface area contributed by atoms with Gasteiger partial charge in [-0.1, -0.05) is 39.6 Å². The standard InChI is InChI=1S/C12H6Cl2N8OS2/c13-4-1-6-7(2-5(4)14)18-10(25-11-19-20-21-22(11)15)9(17-6)8-3-16-12(23)24-8/h1-3H,15H2,(H,16,23). The Morgan fingerprint density at radius 1 is 1.16 bits per heavy atom. The second-order valence-corrected chi connectivity index (χ2v) is 7.43. The smallest absolute Gasteiger partial charge is 0.271 e. The summed E-state index contributed by atoms with van der Waals surface area (Å²) in [4.78, 5) is 14.6. The molecule has 3 N–H and O–H groups in total. The van der Waals surface area contributed by atoms with E-state index in [0.717, 1.165) is 27.9 Å². The van der Waals surface area contributed by atoms with Crippen molar-refractivity contribution in [2.45, 2.75) is 10.2 Å². The fourth-order valence-corrected chi connectivity index (χ4v) is 3.78. The van der Waals surface area contributed by atoms with Gasteiger partial charge in [-0.15, -0.1) is 4.79 Å². The Morgan fingerprint density at radius 3 is 2.48 bits per heavy atom. The Labute approximate surface area is 157 Å². The number of hydrogen-bond acceptors (Lipinski definition) is 10. The maximum atomic E-state index is 9.56. The summed E-state index contributed by atoms with van der Waals surface area (Å²) in [6.45, 7) is 0. The molecule has 4 rings (SSSR count). The number of hydrogen-bond donors (Lipinski definition) is 2. The largest absolute Gasteiger partial charge is 0.486 e. The van der Waals surface area contributed by atoms with E-state index in [1.54, 1.807) is 12.1 Å². The van der Waals surface area contributed by atoms with Crippen molar-refractivity contribution in [3.8, 4) is 15.8 Å². The number of tetrazole rings is 1. The van der Waals surface area contributed by atoms with Crippen molar-refractivity contribution in [2.75, 3.05) is 5.84 Å². The first-order chi connectivity index (χ1) is 12.0. The highest BCUT2D eigenvalue weighted by Crippen LogP contribution is 2.38. The molecule has 25 heavy (non-hydrogen) atoms. The molecule has 1 aromatic carbocycles. The molecular weight excluding hydrogens is 407 g/mol.